The molecule has 0 aliphatic heterocycles. The number of halogens is 1. The van der Waals surface area contributed by atoms with Crippen LogP contribution in [0.3, 0.4) is 0 Å². The van der Waals surface area contributed by atoms with Gasteiger partial charge in [0.15, 0.2) is 0 Å². The zero-order chi connectivity index (χ0) is 23.8. The van der Waals surface area contributed by atoms with Crippen molar-refractivity contribution in [2.45, 2.75) is 6.92 Å². The highest BCUT2D eigenvalue weighted by Crippen LogP contribution is 2.23. The van der Waals surface area contributed by atoms with E-state index < -0.39 is 17.8 Å². The SMILES string of the molecule is COc1ccc(NC(=O)C(=O)N/N=C/c2cc(Br)ccc2OC(=O)c2ccccc2C)cc1. The lowest BCUT2D eigenvalue weighted by Crippen LogP contribution is -2.32. The number of hydrazone groups is 1. The quantitative estimate of drug-likeness (QED) is 0.171. The predicted molar refractivity (Wildman–Crippen MR) is 128 cm³/mol. The highest BCUT2D eigenvalue weighted by Gasteiger charge is 2.15. The fourth-order valence-corrected chi connectivity index (χ4v) is 3.12. The molecule has 0 aromatic heterocycles. The summed E-state index contributed by atoms with van der Waals surface area (Å²) in [6.45, 7) is 1.81. The third kappa shape index (κ3) is 6.50. The van der Waals surface area contributed by atoms with E-state index in [9.17, 15) is 14.4 Å². The first-order valence-electron chi connectivity index (χ1n) is 9.73. The Hall–Kier alpha value is -3.98. The molecular weight excluding hydrogens is 490 g/mol. The van der Waals surface area contributed by atoms with E-state index in [1.807, 2.05) is 19.1 Å². The molecule has 0 unspecified atom stereocenters. The average Bonchev–Trinajstić information content (AvgIpc) is 2.81. The van der Waals surface area contributed by atoms with E-state index in [4.69, 9.17) is 9.47 Å². The Bertz CT molecular complexity index is 1210. The number of hydrogen-bond acceptors (Lipinski definition) is 6. The van der Waals surface area contributed by atoms with Crippen LogP contribution < -0.4 is 20.2 Å². The number of rotatable bonds is 6. The lowest BCUT2D eigenvalue weighted by molar-refractivity contribution is -0.136. The van der Waals surface area contributed by atoms with Gasteiger partial charge >= 0.3 is 17.8 Å². The van der Waals surface area contributed by atoms with Gasteiger partial charge < -0.3 is 14.8 Å². The zero-order valence-electron chi connectivity index (χ0n) is 17.8. The molecule has 0 aliphatic rings. The molecular formula is C24H20BrN3O5. The molecule has 0 aliphatic carbocycles. The van der Waals surface area contributed by atoms with Crippen molar-refractivity contribution in [1.29, 1.82) is 0 Å². The number of carbonyl (C=O) groups excluding carboxylic acids is 3. The highest BCUT2D eigenvalue weighted by atomic mass is 79.9. The van der Waals surface area contributed by atoms with Gasteiger partial charge in [-0.1, -0.05) is 34.1 Å². The van der Waals surface area contributed by atoms with E-state index in [1.54, 1.807) is 54.6 Å². The van der Waals surface area contributed by atoms with Gasteiger partial charge in [-0.3, -0.25) is 9.59 Å². The van der Waals surface area contributed by atoms with Crippen molar-refractivity contribution in [2.24, 2.45) is 5.10 Å². The van der Waals surface area contributed by atoms with E-state index in [-0.39, 0.29) is 5.75 Å². The molecule has 168 valence electrons. The van der Waals surface area contributed by atoms with Gasteiger partial charge in [0.1, 0.15) is 11.5 Å². The van der Waals surface area contributed by atoms with Gasteiger partial charge in [-0.2, -0.15) is 5.10 Å². The van der Waals surface area contributed by atoms with Crippen LogP contribution in [0.4, 0.5) is 5.69 Å². The molecule has 9 heteroatoms. The molecule has 0 bridgehead atoms. The molecule has 0 saturated carbocycles. The second kappa shape index (κ2) is 11.1. The summed E-state index contributed by atoms with van der Waals surface area (Å²) in [5.74, 6) is -1.51. The van der Waals surface area contributed by atoms with Crippen LogP contribution in [-0.4, -0.2) is 31.1 Å². The number of aryl methyl sites for hydroxylation is 1. The number of ether oxygens (including phenoxy) is 2. The Morgan fingerprint density at radius 2 is 1.70 bits per heavy atom. The molecule has 0 spiro atoms. The first kappa shape index (κ1) is 23.7. The number of nitrogens with one attached hydrogen (secondary N) is 2. The summed E-state index contributed by atoms with van der Waals surface area (Å²) in [4.78, 5) is 36.7. The Balaban J connectivity index is 1.65. The van der Waals surface area contributed by atoms with Crippen LogP contribution >= 0.6 is 15.9 Å². The molecule has 3 aromatic rings. The maximum atomic E-state index is 12.5. The molecule has 2 amide bonds. The van der Waals surface area contributed by atoms with Gasteiger partial charge in [0.25, 0.3) is 0 Å². The highest BCUT2D eigenvalue weighted by molar-refractivity contribution is 9.10. The molecule has 3 aromatic carbocycles. The lowest BCUT2D eigenvalue weighted by atomic mass is 10.1. The third-order valence-electron chi connectivity index (χ3n) is 4.46. The maximum absolute atomic E-state index is 12.5. The van der Waals surface area contributed by atoms with Crippen LogP contribution in [0.2, 0.25) is 0 Å². The number of benzene rings is 3. The van der Waals surface area contributed by atoms with E-state index in [1.165, 1.54) is 13.3 Å². The number of esters is 1. The van der Waals surface area contributed by atoms with Crippen molar-refractivity contribution < 1.29 is 23.9 Å². The van der Waals surface area contributed by atoms with Gasteiger partial charge in [0.05, 0.1) is 18.9 Å². The number of nitrogens with zero attached hydrogens (tertiary/aromatic N) is 1. The molecule has 0 fully saturated rings. The van der Waals surface area contributed by atoms with Crippen molar-refractivity contribution >= 4 is 45.6 Å². The summed E-state index contributed by atoms with van der Waals surface area (Å²) in [5, 5.41) is 6.27. The minimum Gasteiger partial charge on any atom is -0.497 e. The summed E-state index contributed by atoms with van der Waals surface area (Å²) in [5.41, 5.74) is 4.22. The number of carbonyl (C=O) groups is 3. The van der Waals surface area contributed by atoms with Crippen LogP contribution in [0.5, 0.6) is 11.5 Å². The average molecular weight is 510 g/mol. The molecule has 0 heterocycles. The number of methoxy groups -OCH3 is 1. The Labute approximate surface area is 198 Å². The van der Waals surface area contributed by atoms with Crippen molar-refractivity contribution in [3.05, 3.63) is 87.9 Å². The zero-order valence-corrected chi connectivity index (χ0v) is 19.4. The number of anilines is 1. The van der Waals surface area contributed by atoms with Crippen LogP contribution in [0.25, 0.3) is 0 Å². The second-order valence-corrected chi connectivity index (χ2v) is 7.68. The first-order valence-corrected chi connectivity index (χ1v) is 10.5. The molecule has 33 heavy (non-hydrogen) atoms. The van der Waals surface area contributed by atoms with Crippen molar-refractivity contribution in [2.75, 3.05) is 12.4 Å². The van der Waals surface area contributed by atoms with Gasteiger partial charge in [-0.25, -0.2) is 10.2 Å². The van der Waals surface area contributed by atoms with Crippen LogP contribution in [0.15, 0.2) is 76.3 Å². The van der Waals surface area contributed by atoms with Crippen molar-refractivity contribution in [3.8, 4) is 11.5 Å². The second-order valence-electron chi connectivity index (χ2n) is 6.77. The van der Waals surface area contributed by atoms with Crippen molar-refractivity contribution in [3.63, 3.8) is 0 Å². The largest absolute Gasteiger partial charge is 0.497 e. The minimum absolute atomic E-state index is 0.243. The monoisotopic (exact) mass is 509 g/mol. The fourth-order valence-electron chi connectivity index (χ4n) is 2.74. The molecule has 2 N–H and O–H groups in total. The molecule has 0 radical (unpaired) electrons. The normalized spacial score (nSPS) is 10.5. The van der Waals surface area contributed by atoms with Crippen LogP contribution in [-0.2, 0) is 9.59 Å². The summed E-state index contributed by atoms with van der Waals surface area (Å²) in [6, 6.07) is 18.5. The summed E-state index contributed by atoms with van der Waals surface area (Å²) in [7, 11) is 1.53. The predicted octanol–water partition coefficient (Wildman–Crippen LogP) is 4.07. The van der Waals surface area contributed by atoms with E-state index in [2.05, 4.69) is 31.8 Å². The van der Waals surface area contributed by atoms with Crippen LogP contribution in [0.1, 0.15) is 21.5 Å². The maximum Gasteiger partial charge on any atom is 0.343 e. The first-order chi connectivity index (χ1) is 15.9. The number of hydrogen-bond donors (Lipinski definition) is 2. The standard InChI is InChI=1S/C24H20BrN3O5/c1-15-5-3-4-6-20(15)24(31)33-21-12-7-17(25)13-16(21)14-26-28-23(30)22(29)27-18-8-10-19(32-2)11-9-18/h3-14H,1-2H3,(H,27,29)(H,28,30)/b26-14+. The van der Waals surface area contributed by atoms with Gasteiger partial charge in [-0.15, -0.1) is 0 Å². The Kier molecular flexibility index (Phi) is 7.93. The number of amides is 2. The van der Waals surface area contributed by atoms with Crippen molar-refractivity contribution in [1.82, 2.24) is 5.43 Å². The molecule has 3 rings (SSSR count). The topological polar surface area (TPSA) is 106 Å². The van der Waals surface area contributed by atoms with Gasteiger partial charge in [0.2, 0.25) is 0 Å². The summed E-state index contributed by atoms with van der Waals surface area (Å²) >= 11 is 3.35. The Morgan fingerprint density at radius 1 is 0.970 bits per heavy atom. The van der Waals surface area contributed by atoms with E-state index in [0.29, 0.717) is 27.0 Å². The minimum atomic E-state index is -0.962. The summed E-state index contributed by atoms with van der Waals surface area (Å²) in [6.07, 6.45) is 1.28. The van der Waals surface area contributed by atoms with Gasteiger partial charge in [0, 0.05) is 15.7 Å². The Morgan fingerprint density at radius 3 is 2.39 bits per heavy atom. The molecule has 0 saturated heterocycles. The fraction of sp³-hybridized carbons (Fsp3) is 0.0833. The lowest BCUT2D eigenvalue weighted by Gasteiger charge is -2.09. The van der Waals surface area contributed by atoms with E-state index in [0.717, 1.165) is 5.56 Å². The van der Waals surface area contributed by atoms with Crippen LogP contribution in [0, 0.1) is 6.92 Å². The van der Waals surface area contributed by atoms with Gasteiger partial charge in [-0.05, 0) is 61.0 Å². The molecule has 0 atom stereocenters. The summed E-state index contributed by atoms with van der Waals surface area (Å²) < 4.78 is 11.3. The third-order valence-corrected chi connectivity index (χ3v) is 4.96. The van der Waals surface area contributed by atoms with E-state index >= 15 is 0 Å². The smallest absolute Gasteiger partial charge is 0.343 e. The molecule has 8 nitrogen and oxygen atoms in total.